The molecule has 0 aliphatic heterocycles. The average Bonchev–Trinajstić information content (AvgIpc) is 3.39. The molecule has 4 rings (SSSR count). The van der Waals surface area contributed by atoms with E-state index in [0.717, 1.165) is 4.68 Å². The third-order valence-electron chi connectivity index (χ3n) is 4.13. The molecule has 0 saturated carbocycles. The summed E-state index contributed by atoms with van der Waals surface area (Å²) in [6.07, 6.45) is 1.43. The number of aromatic nitrogens is 2. The van der Waals surface area contributed by atoms with Gasteiger partial charge in [-0.15, -0.1) is 5.10 Å². The van der Waals surface area contributed by atoms with Gasteiger partial charge in [0.1, 0.15) is 6.54 Å². The number of nitrogens with one attached hydrogen (secondary N) is 1. The molecule has 0 bridgehead atoms. The van der Waals surface area contributed by atoms with E-state index in [4.69, 9.17) is 8.83 Å². The molecule has 4 aromatic rings. The molecule has 0 unspecified atom stereocenters. The SMILES string of the molecule is O=C(Cn1nc(-c2ccco2)oc1=O)c1ccc(NC(=O)c2ccccc2)cc1. The number of carbonyl (C=O) groups is 2. The van der Waals surface area contributed by atoms with E-state index in [0.29, 0.717) is 22.6 Å². The van der Waals surface area contributed by atoms with Crippen LogP contribution in [0.4, 0.5) is 5.69 Å². The predicted molar refractivity (Wildman–Crippen MR) is 104 cm³/mol. The van der Waals surface area contributed by atoms with E-state index in [-0.39, 0.29) is 24.1 Å². The summed E-state index contributed by atoms with van der Waals surface area (Å²) in [7, 11) is 0. The molecule has 8 nitrogen and oxygen atoms in total. The first-order valence-electron chi connectivity index (χ1n) is 8.71. The van der Waals surface area contributed by atoms with Crippen molar-refractivity contribution in [2.75, 3.05) is 5.32 Å². The Kier molecular flexibility index (Phi) is 4.90. The number of ketones is 1. The van der Waals surface area contributed by atoms with Crippen LogP contribution in [-0.4, -0.2) is 21.5 Å². The topological polar surface area (TPSA) is 107 Å². The molecular weight excluding hydrogens is 374 g/mol. The zero-order valence-electron chi connectivity index (χ0n) is 15.1. The number of carbonyl (C=O) groups excluding carboxylic acids is 2. The molecule has 0 saturated heterocycles. The lowest BCUT2D eigenvalue weighted by molar-refractivity contribution is 0.0964. The van der Waals surface area contributed by atoms with E-state index < -0.39 is 5.76 Å². The van der Waals surface area contributed by atoms with Crippen LogP contribution in [0.3, 0.4) is 0 Å². The van der Waals surface area contributed by atoms with Crippen LogP contribution in [-0.2, 0) is 6.54 Å². The Labute approximate surface area is 164 Å². The summed E-state index contributed by atoms with van der Waals surface area (Å²) in [6, 6.07) is 18.4. The molecule has 1 N–H and O–H groups in total. The zero-order chi connectivity index (χ0) is 20.2. The third-order valence-corrected chi connectivity index (χ3v) is 4.13. The molecule has 0 fully saturated rings. The Bertz CT molecular complexity index is 1190. The van der Waals surface area contributed by atoms with Crippen molar-refractivity contribution in [2.24, 2.45) is 0 Å². The maximum Gasteiger partial charge on any atom is 0.437 e. The van der Waals surface area contributed by atoms with Crippen LogP contribution in [0.1, 0.15) is 20.7 Å². The summed E-state index contributed by atoms with van der Waals surface area (Å²) >= 11 is 0. The Balaban J connectivity index is 1.43. The minimum absolute atomic E-state index is 0.00627. The fourth-order valence-corrected chi connectivity index (χ4v) is 2.67. The van der Waals surface area contributed by atoms with E-state index in [1.54, 1.807) is 60.7 Å². The highest BCUT2D eigenvalue weighted by molar-refractivity contribution is 6.04. The number of rotatable bonds is 6. The number of benzene rings is 2. The number of hydrogen-bond acceptors (Lipinski definition) is 6. The normalized spacial score (nSPS) is 10.6. The minimum atomic E-state index is -0.753. The van der Waals surface area contributed by atoms with Gasteiger partial charge >= 0.3 is 5.76 Å². The summed E-state index contributed by atoms with van der Waals surface area (Å²) in [4.78, 5) is 36.5. The minimum Gasteiger partial charge on any atom is -0.459 e. The predicted octanol–water partition coefficient (Wildman–Crippen LogP) is 3.23. The molecule has 144 valence electrons. The molecule has 2 aromatic heterocycles. The van der Waals surface area contributed by atoms with Crippen LogP contribution >= 0.6 is 0 Å². The maximum atomic E-state index is 12.5. The number of anilines is 1. The summed E-state index contributed by atoms with van der Waals surface area (Å²) < 4.78 is 11.1. The molecule has 0 spiro atoms. The monoisotopic (exact) mass is 389 g/mol. The highest BCUT2D eigenvalue weighted by atomic mass is 16.4. The molecule has 8 heteroatoms. The Hall–Kier alpha value is -4.20. The summed E-state index contributed by atoms with van der Waals surface area (Å²) in [6.45, 7) is -0.279. The van der Waals surface area contributed by atoms with E-state index in [9.17, 15) is 14.4 Å². The van der Waals surface area contributed by atoms with Crippen molar-refractivity contribution < 1.29 is 18.4 Å². The van der Waals surface area contributed by atoms with Crippen molar-refractivity contribution in [2.45, 2.75) is 6.54 Å². The van der Waals surface area contributed by atoms with Gasteiger partial charge in [-0.1, -0.05) is 18.2 Å². The van der Waals surface area contributed by atoms with Crippen LogP contribution in [0.15, 0.2) is 86.6 Å². The van der Waals surface area contributed by atoms with E-state index in [1.165, 1.54) is 6.26 Å². The Morgan fingerprint density at radius 1 is 0.931 bits per heavy atom. The lowest BCUT2D eigenvalue weighted by Crippen LogP contribution is -2.21. The molecular formula is C21H15N3O5. The van der Waals surface area contributed by atoms with E-state index in [1.807, 2.05) is 6.07 Å². The van der Waals surface area contributed by atoms with Gasteiger partial charge in [0.25, 0.3) is 11.8 Å². The standard InChI is InChI=1S/C21H15N3O5/c25-17(13-24-21(27)29-20(23-24)18-7-4-12-28-18)14-8-10-16(11-9-14)22-19(26)15-5-2-1-3-6-15/h1-12H,13H2,(H,22,26). The molecule has 0 aliphatic rings. The maximum absolute atomic E-state index is 12.5. The fraction of sp³-hybridized carbons (Fsp3) is 0.0476. The molecule has 1 amide bonds. The van der Waals surface area contributed by atoms with Gasteiger partial charge in [0, 0.05) is 16.8 Å². The Morgan fingerprint density at radius 3 is 2.38 bits per heavy atom. The zero-order valence-corrected chi connectivity index (χ0v) is 15.1. The van der Waals surface area contributed by atoms with Crippen molar-refractivity contribution in [3.63, 3.8) is 0 Å². The molecule has 29 heavy (non-hydrogen) atoms. The highest BCUT2D eigenvalue weighted by Crippen LogP contribution is 2.16. The van der Waals surface area contributed by atoms with Crippen LogP contribution in [0.5, 0.6) is 0 Å². The van der Waals surface area contributed by atoms with Crippen molar-refractivity contribution in [1.82, 2.24) is 9.78 Å². The largest absolute Gasteiger partial charge is 0.459 e. The molecule has 0 atom stereocenters. The van der Waals surface area contributed by atoms with Crippen LogP contribution < -0.4 is 11.1 Å². The summed E-state index contributed by atoms with van der Waals surface area (Å²) in [5.41, 5.74) is 1.46. The third kappa shape index (κ3) is 4.06. The van der Waals surface area contributed by atoms with Gasteiger partial charge in [0.05, 0.1) is 6.26 Å². The van der Waals surface area contributed by atoms with Gasteiger partial charge in [-0.2, -0.15) is 4.68 Å². The van der Waals surface area contributed by atoms with Crippen LogP contribution in [0.25, 0.3) is 11.7 Å². The highest BCUT2D eigenvalue weighted by Gasteiger charge is 2.16. The number of furan rings is 1. The Morgan fingerprint density at radius 2 is 1.69 bits per heavy atom. The van der Waals surface area contributed by atoms with Crippen LogP contribution in [0.2, 0.25) is 0 Å². The smallest absolute Gasteiger partial charge is 0.437 e. The van der Waals surface area contributed by atoms with Gasteiger partial charge in [-0.25, -0.2) is 4.79 Å². The first kappa shape index (κ1) is 18.2. The van der Waals surface area contributed by atoms with Crippen molar-refractivity contribution in [1.29, 1.82) is 0 Å². The van der Waals surface area contributed by atoms with Gasteiger partial charge in [-0.05, 0) is 48.5 Å². The first-order valence-corrected chi connectivity index (χ1v) is 8.71. The van der Waals surface area contributed by atoms with Crippen molar-refractivity contribution in [3.05, 3.63) is 94.7 Å². The van der Waals surface area contributed by atoms with Gasteiger partial charge < -0.3 is 14.2 Å². The average molecular weight is 389 g/mol. The molecule has 2 heterocycles. The van der Waals surface area contributed by atoms with Crippen molar-refractivity contribution in [3.8, 4) is 11.7 Å². The summed E-state index contributed by atoms with van der Waals surface area (Å²) in [5.74, 6) is -1.02. The van der Waals surface area contributed by atoms with Crippen molar-refractivity contribution >= 4 is 17.4 Å². The summed E-state index contributed by atoms with van der Waals surface area (Å²) in [5, 5.41) is 6.73. The second-order valence-corrected chi connectivity index (χ2v) is 6.13. The van der Waals surface area contributed by atoms with E-state index in [2.05, 4.69) is 10.4 Å². The van der Waals surface area contributed by atoms with Gasteiger partial charge in [-0.3, -0.25) is 9.59 Å². The van der Waals surface area contributed by atoms with Gasteiger partial charge in [0.15, 0.2) is 11.5 Å². The van der Waals surface area contributed by atoms with Gasteiger partial charge in [0.2, 0.25) is 0 Å². The second kappa shape index (κ2) is 7.81. The number of amides is 1. The number of nitrogens with zero attached hydrogens (tertiary/aromatic N) is 2. The quantitative estimate of drug-likeness (QED) is 0.507. The lowest BCUT2D eigenvalue weighted by atomic mass is 10.1. The molecule has 0 radical (unpaired) electrons. The fourth-order valence-electron chi connectivity index (χ4n) is 2.67. The lowest BCUT2D eigenvalue weighted by Gasteiger charge is -2.06. The number of Topliss-reactive ketones (excluding diaryl/α,β-unsaturated/α-hetero) is 1. The van der Waals surface area contributed by atoms with E-state index >= 15 is 0 Å². The molecule has 2 aromatic carbocycles. The van der Waals surface area contributed by atoms with Crippen LogP contribution in [0, 0.1) is 0 Å². The first-order chi connectivity index (χ1) is 14.1. The number of hydrogen-bond donors (Lipinski definition) is 1. The second-order valence-electron chi connectivity index (χ2n) is 6.13. The molecule has 0 aliphatic carbocycles.